The molecule has 1 saturated heterocycles. The molecule has 1 rings (SSSR count). The first kappa shape index (κ1) is 6.95. The van der Waals surface area contributed by atoms with E-state index in [1.165, 1.54) is 0 Å². The quantitative estimate of drug-likeness (QED) is 0.375. The van der Waals surface area contributed by atoms with Crippen LogP contribution in [0, 0.1) is 0 Å². The molecule has 0 saturated carbocycles. The van der Waals surface area contributed by atoms with Gasteiger partial charge in [-0.2, -0.15) is 0 Å². The van der Waals surface area contributed by atoms with Gasteiger partial charge in [-0.05, 0) is 0 Å². The highest BCUT2D eigenvalue weighted by molar-refractivity contribution is 4.70. The number of rotatable bonds is 0. The van der Waals surface area contributed by atoms with Crippen LogP contribution < -0.4 is 0 Å². The van der Waals surface area contributed by atoms with Gasteiger partial charge in [-0.25, -0.2) is 0 Å². The highest BCUT2D eigenvalue weighted by Crippen LogP contribution is 2.11. The van der Waals surface area contributed by atoms with Crippen LogP contribution >= 0.6 is 0 Å². The van der Waals surface area contributed by atoms with Gasteiger partial charge in [-0.3, -0.25) is 0 Å². The van der Waals surface area contributed by atoms with Crippen LogP contribution in [0.15, 0.2) is 0 Å². The molecule has 0 aromatic carbocycles. The molecule has 0 aromatic rings. The molecule has 3 atom stereocenters. The summed E-state index contributed by atoms with van der Waals surface area (Å²) in [5.41, 5.74) is 0. The van der Waals surface area contributed by atoms with Crippen molar-refractivity contribution in [3.05, 3.63) is 0 Å². The molecule has 0 spiro atoms. The number of ether oxygens (including phenoxy) is 1. The van der Waals surface area contributed by atoms with Crippen molar-refractivity contribution in [3.63, 3.8) is 0 Å². The molecule has 4 nitrogen and oxygen atoms in total. The van der Waals surface area contributed by atoms with Gasteiger partial charge in [0, 0.05) is 6.42 Å². The van der Waals surface area contributed by atoms with Gasteiger partial charge in [0.2, 0.25) is 0 Å². The second-order valence-electron chi connectivity index (χ2n) is 2.18. The minimum atomic E-state index is -1.12. The number of hydrogen-bond donors (Lipinski definition) is 3. The summed E-state index contributed by atoms with van der Waals surface area (Å²) in [5.74, 6) is 0. The summed E-state index contributed by atoms with van der Waals surface area (Å²) < 4.78 is 4.56. The van der Waals surface area contributed by atoms with E-state index in [4.69, 9.17) is 15.3 Å². The van der Waals surface area contributed by atoms with Gasteiger partial charge >= 0.3 is 0 Å². The summed E-state index contributed by atoms with van der Waals surface area (Å²) in [6, 6.07) is 0. The maximum absolute atomic E-state index is 8.81. The lowest BCUT2D eigenvalue weighted by Crippen LogP contribution is -2.40. The van der Waals surface area contributed by atoms with E-state index in [1.807, 2.05) is 0 Å². The second-order valence-corrected chi connectivity index (χ2v) is 2.18. The third-order valence-corrected chi connectivity index (χ3v) is 1.30. The molecule has 54 valence electrons. The average molecular weight is 134 g/mol. The molecule has 0 aliphatic carbocycles. The minimum Gasteiger partial charge on any atom is -0.391 e. The van der Waals surface area contributed by atoms with Crippen molar-refractivity contribution in [1.82, 2.24) is 0 Å². The number of hydrogen-bond acceptors (Lipinski definition) is 4. The van der Waals surface area contributed by atoms with E-state index in [0.29, 0.717) is 0 Å². The number of aliphatic hydroxyl groups is 3. The van der Waals surface area contributed by atoms with E-state index < -0.39 is 18.5 Å². The third kappa shape index (κ3) is 1.62. The molecule has 1 aliphatic rings. The van der Waals surface area contributed by atoms with Crippen LogP contribution in [-0.4, -0.2) is 40.4 Å². The van der Waals surface area contributed by atoms with Gasteiger partial charge in [0.15, 0.2) is 6.29 Å². The Bertz CT molecular complexity index is 95.0. The molecule has 0 bridgehead atoms. The summed E-state index contributed by atoms with van der Waals surface area (Å²) in [6.07, 6.45) is -2.49. The molecule has 0 aromatic heterocycles. The third-order valence-electron chi connectivity index (χ3n) is 1.30. The standard InChI is InChI=1S/C5H10O4/c6-3-1-4(7)5(8)9-2-3/h3-8H,1-2H2/t3?,4-,5?/m1/s1. The lowest BCUT2D eigenvalue weighted by atomic mass is 10.1. The molecule has 0 amide bonds. The predicted molar refractivity (Wildman–Crippen MR) is 28.6 cm³/mol. The van der Waals surface area contributed by atoms with Crippen molar-refractivity contribution in [2.45, 2.75) is 24.9 Å². The fraction of sp³-hybridized carbons (Fsp3) is 1.00. The topological polar surface area (TPSA) is 69.9 Å². The minimum absolute atomic E-state index is 0.109. The average Bonchev–Trinajstić information content (AvgIpc) is 1.80. The van der Waals surface area contributed by atoms with E-state index in [9.17, 15) is 0 Å². The maximum Gasteiger partial charge on any atom is 0.181 e. The first-order valence-electron chi connectivity index (χ1n) is 2.86. The fourth-order valence-corrected chi connectivity index (χ4v) is 0.784. The van der Waals surface area contributed by atoms with Crippen LogP contribution in [0.2, 0.25) is 0 Å². The largest absolute Gasteiger partial charge is 0.391 e. The van der Waals surface area contributed by atoms with Gasteiger partial charge in [-0.15, -0.1) is 0 Å². The summed E-state index contributed by atoms with van der Waals surface area (Å²) >= 11 is 0. The van der Waals surface area contributed by atoms with Crippen LogP contribution in [0.25, 0.3) is 0 Å². The molecule has 1 aliphatic heterocycles. The Balaban J connectivity index is 2.35. The van der Waals surface area contributed by atoms with E-state index in [0.717, 1.165) is 0 Å². The number of aliphatic hydroxyl groups excluding tert-OH is 3. The zero-order valence-electron chi connectivity index (χ0n) is 4.90. The van der Waals surface area contributed by atoms with Gasteiger partial charge in [0.05, 0.1) is 12.7 Å². The fourth-order valence-electron chi connectivity index (χ4n) is 0.784. The molecule has 1 fully saturated rings. The molecular formula is C5H10O4. The lowest BCUT2D eigenvalue weighted by molar-refractivity contribution is -0.211. The van der Waals surface area contributed by atoms with Crippen molar-refractivity contribution >= 4 is 0 Å². The van der Waals surface area contributed by atoms with E-state index in [2.05, 4.69) is 4.74 Å². The zero-order chi connectivity index (χ0) is 6.85. The Hall–Kier alpha value is -0.160. The van der Waals surface area contributed by atoms with Gasteiger partial charge in [-0.1, -0.05) is 0 Å². The Morgan fingerprint density at radius 1 is 1.22 bits per heavy atom. The molecule has 3 N–H and O–H groups in total. The normalized spacial score (nSPS) is 45.0. The zero-order valence-corrected chi connectivity index (χ0v) is 4.90. The van der Waals surface area contributed by atoms with Crippen molar-refractivity contribution in [2.75, 3.05) is 6.61 Å². The first-order chi connectivity index (χ1) is 4.20. The van der Waals surface area contributed by atoms with Crippen LogP contribution in [0.1, 0.15) is 6.42 Å². The van der Waals surface area contributed by atoms with Crippen LogP contribution in [0.5, 0.6) is 0 Å². The lowest BCUT2D eigenvalue weighted by Gasteiger charge is -2.26. The maximum atomic E-state index is 8.81. The van der Waals surface area contributed by atoms with Gasteiger partial charge in [0.1, 0.15) is 6.10 Å². The van der Waals surface area contributed by atoms with Crippen molar-refractivity contribution < 1.29 is 20.1 Å². The summed E-state index contributed by atoms with van der Waals surface area (Å²) in [4.78, 5) is 0. The molecular weight excluding hydrogens is 124 g/mol. The molecule has 9 heavy (non-hydrogen) atoms. The SMILES string of the molecule is OC1COC(O)[C@H](O)C1. The molecule has 4 heteroatoms. The van der Waals surface area contributed by atoms with Gasteiger partial charge < -0.3 is 20.1 Å². The monoisotopic (exact) mass is 134 g/mol. The van der Waals surface area contributed by atoms with E-state index in [-0.39, 0.29) is 13.0 Å². The van der Waals surface area contributed by atoms with E-state index in [1.54, 1.807) is 0 Å². The smallest absolute Gasteiger partial charge is 0.181 e. The van der Waals surface area contributed by atoms with Crippen LogP contribution in [0.4, 0.5) is 0 Å². The van der Waals surface area contributed by atoms with Crippen LogP contribution in [-0.2, 0) is 4.74 Å². The first-order valence-corrected chi connectivity index (χ1v) is 2.86. The Labute approximate surface area is 52.7 Å². The van der Waals surface area contributed by atoms with Crippen LogP contribution in [0.3, 0.4) is 0 Å². The molecule has 0 radical (unpaired) electrons. The summed E-state index contributed by atoms with van der Waals surface area (Å²) in [7, 11) is 0. The predicted octanol–water partition coefficient (Wildman–Crippen LogP) is -1.55. The summed E-state index contributed by atoms with van der Waals surface area (Å²) in [6.45, 7) is 0.109. The Morgan fingerprint density at radius 3 is 2.33 bits per heavy atom. The molecule has 1 heterocycles. The van der Waals surface area contributed by atoms with Crippen molar-refractivity contribution in [1.29, 1.82) is 0 Å². The van der Waals surface area contributed by atoms with Gasteiger partial charge in [0.25, 0.3) is 0 Å². The van der Waals surface area contributed by atoms with Crippen molar-refractivity contribution in [2.24, 2.45) is 0 Å². The highest BCUT2D eigenvalue weighted by atomic mass is 16.6. The second kappa shape index (κ2) is 2.62. The van der Waals surface area contributed by atoms with Crippen molar-refractivity contribution in [3.8, 4) is 0 Å². The summed E-state index contributed by atoms with van der Waals surface area (Å²) in [5, 5.41) is 26.3. The Kier molecular flexibility index (Phi) is 2.02. The van der Waals surface area contributed by atoms with E-state index >= 15 is 0 Å². The highest BCUT2D eigenvalue weighted by Gasteiger charge is 2.26. The Morgan fingerprint density at radius 2 is 1.89 bits per heavy atom. The molecule has 2 unspecified atom stereocenters.